The van der Waals surface area contributed by atoms with E-state index in [0.29, 0.717) is 17.6 Å². The van der Waals surface area contributed by atoms with Gasteiger partial charge in [-0.15, -0.1) is 0 Å². The Balaban J connectivity index is 2.32. The van der Waals surface area contributed by atoms with E-state index in [4.69, 9.17) is 23.1 Å². The van der Waals surface area contributed by atoms with Gasteiger partial charge >= 0.3 is 0 Å². The quantitative estimate of drug-likeness (QED) is 0.737. The van der Waals surface area contributed by atoms with Crippen LogP contribution in [-0.4, -0.2) is 34.3 Å². The minimum atomic E-state index is 0.127. The van der Waals surface area contributed by atoms with Crippen molar-refractivity contribution in [3.63, 3.8) is 0 Å². The van der Waals surface area contributed by atoms with Crippen molar-refractivity contribution in [3.05, 3.63) is 24.0 Å². The van der Waals surface area contributed by atoms with Crippen LogP contribution in [0.5, 0.6) is 0 Å². The maximum absolute atomic E-state index is 9.08. The van der Waals surface area contributed by atoms with Crippen molar-refractivity contribution in [2.24, 2.45) is 5.73 Å². The Morgan fingerprint density at radius 3 is 2.94 bits per heavy atom. The van der Waals surface area contributed by atoms with E-state index in [-0.39, 0.29) is 6.61 Å². The smallest absolute Gasteiger partial charge is 0.106 e. The van der Waals surface area contributed by atoms with Crippen LogP contribution in [-0.2, 0) is 0 Å². The van der Waals surface area contributed by atoms with E-state index in [1.807, 2.05) is 6.07 Å². The van der Waals surface area contributed by atoms with Crippen molar-refractivity contribution in [1.29, 1.82) is 0 Å². The molecule has 0 spiro atoms. The molecule has 0 saturated heterocycles. The average molecular weight is 237 g/mol. The second kappa shape index (κ2) is 4.76. The first-order valence-corrected chi connectivity index (χ1v) is 5.76. The van der Waals surface area contributed by atoms with Crippen molar-refractivity contribution in [2.75, 3.05) is 18.1 Å². The molecule has 0 aliphatic heterocycles. The molecule has 0 atom stereocenters. The highest BCUT2D eigenvalue weighted by atomic mass is 32.1. The Hall–Kier alpha value is -1.20. The highest BCUT2D eigenvalue weighted by Gasteiger charge is 2.30. The van der Waals surface area contributed by atoms with E-state index in [0.717, 1.165) is 24.1 Å². The molecule has 4 nitrogen and oxygen atoms in total. The number of thiocarbonyl (C=S) groups is 1. The Labute approximate surface area is 100 Å². The van der Waals surface area contributed by atoms with E-state index < -0.39 is 0 Å². The lowest BCUT2D eigenvalue weighted by Crippen LogP contribution is -2.31. The normalized spacial score (nSPS) is 14.8. The molecule has 2 rings (SSSR count). The summed E-state index contributed by atoms with van der Waals surface area (Å²) in [6, 6.07) is 2.33. The van der Waals surface area contributed by atoms with Gasteiger partial charge in [-0.1, -0.05) is 12.2 Å². The maximum atomic E-state index is 9.08. The summed E-state index contributed by atoms with van der Waals surface area (Å²) in [5.74, 6) is 0. The number of anilines is 1. The molecule has 0 amide bonds. The Morgan fingerprint density at radius 2 is 2.38 bits per heavy atom. The van der Waals surface area contributed by atoms with Gasteiger partial charge in [0.2, 0.25) is 0 Å². The summed E-state index contributed by atoms with van der Waals surface area (Å²) in [4.78, 5) is 6.62. The summed E-state index contributed by atoms with van der Waals surface area (Å²) in [6.07, 6.45) is 5.77. The molecule has 1 aliphatic rings. The molecule has 3 N–H and O–H groups in total. The molecule has 0 radical (unpaired) electrons. The molecule has 16 heavy (non-hydrogen) atoms. The van der Waals surface area contributed by atoms with Crippen LogP contribution >= 0.6 is 12.2 Å². The van der Waals surface area contributed by atoms with Crippen LogP contribution in [0, 0.1) is 0 Å². The van der Waals surface area contributed by atoms with Crippen molar-refractivity contribution < 1.29 is 5.11 Å². The highest BCUT2D eigenvalue weighted by Crippen LogP contribution is 2.32. The molecular formula is C11H15N3OS. The lowest BCUT2D eigenvalue weighted by Gasteiger charge is -2.25. The van der Waals surface area contributed by atoms with Gasteiger partial charge in [-0.05, 0) is 18.9 Å². The first-order chi connectivity index (χ1) is 7.74. The van der Waals surface area contributed by atoms with Gasteiger partial charge in [0.25, 0.3) is 0 Å². The van der Waals surface area contributed by atoms with Gasteiger partial charge in [-0.25, -0.2) is 0 Å². The SMILES string of the molecule is NC(=S)c1ccncc1N(CCO)C1CC1. The van der Waals surface area contributed by atoms with Crippen molar-refractivity contribution in [1.82, 2.24) is 4.98 Å². The van der Waals surface area contributed by atoms with Gasteiger partial charge < -0.3 is 15.7 Å². The number of pyridine rings is 1. The monoisotopic (exact) mass is 237 g/mol. The number of nitrogens with zero attached hydrogens (tertiary/aromatic N) is 2. The molecule has 86 valence electrons. The molecule has 1 aromatic heterocycles. The summed E-state index contributed by atoms with van der Waals surface area (Å²) < 4.78 is 0. The molecule has 5 heteroatoms. The second-order valence-electron chi connectivity index (χ2n) is 3.91. The summed E-state index contributed by atoms with van der Waals surface area (Å²) in [6.45, 7) is 0.730. The van der Waals surface area contributed by atoms with Gasteiger partial charge in [0, 0.05) is 24.3 Å². The number of nitrogens with two attached hydrogens (primary N) is 1. The van der Waals surface area contributed by atoms with Crippen LogP contribution in [0.15, 0.2) is 18.5 Å². The zero-order chi connectivity index (χ0) is 11.5. The first-order valence-electron chi connectivity index (χ1n) is 5.35. The largest absolute Gasteiger partial charge is 0.395 e. The van der Waals surface area contributed by atoms with E-state index in [1.165, 1.54) is 0 Å². The van der Waals surface area contributed by atoms with E-state index >= 15 is 0 Å². The predicted octanol–water partition coefficient (Wildman–Crippen LogP) is 0.677. The minimum absolute atomic E-state index is 0.127. The predicted molar refractivity (Wildman–Crippen MR) is 67.6 cm³/mol. The topological polar surface area (TPSA) is 62.4 Å². The number of hydrogen-bond acceptors (Lipinski definition) is 4. The lowest BCUT2D eigenvalue weighted by atomic mass is 10.2. The number of aliphatic hydroxyl groups is 1. The zero-order valence-corrected chi connectivity index (χ0v) is 9.78. The standard InChI is InChI=1S/C11H15N3OS/c12-11(16)9-3-4-13-7-10(9)14(5-6-15)8-1-2-8/h3-4,7-8,15H,1-2,5-6H2,(H2,12,16). The second-order valence-corrected chi connectivity index (χ2v) is 4.35. The summed E-state index contributed by atoms with van der Waals surface area (Å²) in [5, 5.41) is 9.08. The van der Waals surface area contributed by atoms with Crippen LogP contribution in [0.3, 0.4) is 0 Å². The molecule has 1 saturated carbocycles. The van der Waals surface area contributed by atoms with Crippen LogP contribution < -0.4 is 10.6 Å². The minimum Gasteiger partial charge on any atom is -0.395 e. The van der Waals surface area contributed by atoms with Gasteiger partial charge in [0.15, 0.2) is 0 Å². The van der Waals surface area contributed by atoms with E-state index in [2.05, 4.69) is 9.88 Å². The average Bonchev–Trinajstić information content (AvgIpc) is 3.10. The summed E-state index contributed by atoms with van der Waals surface area (Å²) in [5.41, 5.74) is 7.46. The fraction of sp³-hybridized carbons (Fsp3) is 0.455. The van der Waals surface area contributed by atoms with Crippen molar-refractivity contribution in [2.45, 2.75) is 18.9 Å². The van der Waals surface area contributed by atoms with Crippen LogP contribution in [0.2, 0.25) is 0 Å². The maximum Gasteiger partial charge on any atom is 0.106 e. The molecule has 1 aromatic rings. The number of hydrogen-bond donors (Lipinski definition) is 2. The van der Waals surface area contributed by atoms with Gasteiger partial charge in [0.05, 0.1) is 18.5 Å². The molecule has 1 heterocycles. The molecule has 0 aromatic carbocycles. The first kappa shape index (κ1) is 11.3. The van der Waals surface area contributed by atoms with Crippen LogP contribution in [0.1, 0.15) is 18.4 Å². The molecule has 1 aliphatic carbocycles. The fourth-order valence-corrected chi connectivity index (χ4v) is 1.99. The van der Waals surface area contributed by atoms with Crippen LogP contribution in [0.25, 0.3) is 0 Å². The van der Waals surface area contributed by atoms with E-state index in [1.54, 1.807) is 12.4 Å². The third-order valence-electron chi connectivity index (χ3n) is 2.70. The van der Waals surface area contributed by atoms with Crippen molar-refractivity contribution >= 4 is 22.9 Å². The molecule has 0 unspecified atom stereocenters. The molecule has 0 bridgehead atoms. The number of rotatable bonds is 5. The van der Waals surface area contributed by atoms with Gasteiger partial charge in [-0.2, -0.15) is 0 Å². The highest BCUT2D eigenvalue weighted by molar-refractivity contribution is 7.80. The Bertz CT molecular complexity index is 393. The van der Waals surface area contributed by atoms with E-state index in [9.17, 15) is 0 Å². The lowest BCUT2D eigenvalue weighted by molar-refractivity contribution is 0.301. The molecular weight excluding hydrogens is 222 g/mol. The number of aromatic nitrogens is 1. The Kier molecular flexibility index (Phi) is 3.36. The fourth-order valence-electron chi connectivity index (χ4n) is 1.82. The molecule has 1 fully saturated rings. The third kappa shape index (κ3) is 2.31. The number of aliphatic hydroxyl groups excluding tert-OH is 1. The summed E-state index contributed by atoms with van der Waals surface area (Å²) in [7, 11) is 0. The Morgan fingerprint density at radius 1 is 1.62 bits per heavy atom. The third-order valence-corrected chi connectivity index (χ3v) is 2.92. The zero-order valence-electron chi connectivity index (χ0n) is 8.97. The van der Waals surface area contributed by atoms with Gasteiger partial charge in [0.1, 0.15) is 4.99 Å². The van der Waals surface area contributed by atoms with Crippen molar-refractivity contribution in [3.8, 4) is 0 Å². The summed E-state index contributed by atoms with van der Waals surface area (Å²) >= 11 is 5.02. The van der Waals surface area contributed by atoms with Gasteiger partial charge in [-0.3, -0.25) is 4.98 Å². The van der Waals surface area contributed by atoms with Crippen LogP contribution in [0.4, 0.5) is 5.69 Å².